The van der Waals surface area contributed by atoms with Gasteiger partial charge >= 0.3 is 0 Å². The van der Waals surface area contributed by atoms with Gasteiger partial charge in [-0.15, -0.1) is 0 Å². The van der Waals surface area contributed by atoms with Crippen molar-refractivity contribution in [2.45, 2.75) is 51.6 Å². The first-order chi connectivity index (χ1) is 8.22. The molecule has 0 radical (unpaired) electrons. The highest BCUT2D eigenvalue weighted by Gasteiger charge is 2.22. The van der Waals surface area contributed by atoms with E-state index in [9.17, 15) is 0 Å². The third-order valence-corrected chi connectivity index (χ3v) is 3.93. The van der Waals surface area contributed by atoms with Crippen molar-refractivity contribution in [2.24, 2.45) is 5.73 Å². The van der Waals surface area contributed by atoms with Crippen LogP contribution in [-0.2, 0) is 6.42 Å². The molecule has 1 aromatic carbocycles. The fourth-order valence-corrected chi connectivity index (χ4v) is 2.61. The first kappa shape index (κ1) is 12.4. The number of nitrogens with two attached hydrogens (primary N) is 1. The number of aryl methyl sites for hydroxylation is 1. The molecular formula is C15H24N2. The van der Waals surface area contributed by atoms with Crippen molar-refractivity contribution in [3.8, 4) is 0 Å². The quantitative estimate of drug-likeness (QED) is 0.865. The second-order valence-electron chi connectivity index (χ2n) is 5.17. The first-order valence-corrected chi connectivity index (χ1v) is 6.82. The summed E-state index contributed by atoms with van der Waals surface area (Å²) >= 11 is 0. The van der Waals surface area contributed by atoms with Crippen molar-refractivity contribution >= 4 is 5.69 Å². The fourth-order valence-electron chi connectivity index (χ4n) is 2.61. The predicted octanol–water partition coefficient (Wildman–Crippen LogP) is 2.96. The Labute approximate surface area is 105 Å². The van der Waals surface area contributed by atoms with Gasteiger partial charge in [0.1, 0.15) is 0 Å². The molecule has 0 aliphatic carbocycles. The Morgan fingerprint density at radius 3 is 2.94 bits per heavy atom. The van der Waals surface area contributed by atoms with Gasteiger partial charge in [0, 0.05) is 24.3 Å². The van der Waals surface area contributed by atoms with Crippen LogP contribution in [0, 0.1) is 0 Å². The van der Waals surface area contributed by atoms with Crippen molar-refractivity contribution in [1.29, 1.82) is 0 Å². The van der Waals surface area contributed by atoms with E-state index in [1.807, 2.05) is 0 Å². The van der Waals surface area contributed by atoms with Crippen LogP contribution >= 0.6 is 0 Å². The Bertz CT molecular complexity index is 362. The van der Waals surface area contributed by atoms with Crippen LogP contribution in [0.5, 0.6) is 0 Å². The summed E-state index contributed by atoms with van der Waals surface area (Å²) < 4.78 is 0. The lowest BCUT2D eigenvalue weighted by Gasteiger charge is -2.37. The van der Waals surface area contributed by atoms with Crippen LogP contribution in [0.25, 0.3) is 0 Å². The monoisotopic (exact) mass is 232 g/mol. The van der Waals surface area contributed by atoms with Gasteiger partial charge in [0.2, 0.25) is 0 Å². The summed E-state index contributed by atoms with van der Waals surface area (Å²) in [5.41, 5.74) is 8.95. The topological polar surface area (TPSA) is 29.3 Å². The molecule has 2 heteroatoms. The molecule has 2 unspecified atom stereocenters. The lowest BCUT2D eigenvalue weighted by atomic mass is 9.96. The number of rotatable bonds is 4. The van der Waals surface area contributed by atoms with Gasteiger partial charge in [0.15, 0.2) is 0 Å². The van der Waals surface area contributed by atoms with Gasteiger partial charge in [-0.2, -0.15) is 0 Å². The minimum atomic E-state index is 0.344. The largest absolute Gasteiger partial charge is 0.369 e. The minimum Gasteiger partial charge on any atom is -0.369 e. The van der Waals surface area contributed by atoms with Crippen LogP contribution in [0.4, 0.5) is 5.69 Å². The third-order valence-electron chi connectivity index (χ3n) is 3.93. The molecule has 1 aromatic rings. The Balaban J connectivity index is 2.10. The maximum atomic E-state index is 6.03. The molecule has 94 valence electrons. The lowest BCUT2D eigenvalue weighted by Crippen LogP contribution is -2.40. The maximum Gasteiger partial charge on any atom is 0.0401 e. The lowest BCUT2D eigenvalue weighted by molar-refractivity contribution is 0.517. The number of hydrogen-bond acceptors (Lipinski definition) is 2. The molecule has 0 saturated heterocycles. The van der Waals surface area contributed by atoms with E-state index in [4.69, 9.17) is 5.73 Å². The van der Waals surface area contributed by atoms with E-state index in [0.717, 1.165) is 19.4 Å². The molecule has 0 amide bonds. The zero-order valence-corrected chi connectivity index (χ0v) is 11.0. The summed E-state index contributed by atoms with van der Waals surface area (Å²) in [5, 5.41) is 0. The minimum absolute atomic E-state index is 0.344. The van der Waals surface area contributed by atoms with Gasteiger partial charge in [-0.25, -0.2) is 0 Å². The molecule has 0 fully saturated rings. The van der Waals surface area contributed by atoms with Crippen LogP contribution in [0.15, 0.2) is 24.3 Å². The highest BCUT2D eigenvalue weighted by atomic mass is 15.2. The molecular weight excluding hydrogens is 208 g/mol. The second kappa shape index (κ2) is 5.54. The number of benzene rings is 1. The molecule has 0 bridgehead atoms. The van der Waals surface area contributed by atoms with Gasteiger partial charge in [0.05, 0.1) is 0 Å². The van der Waals surface area contributed by atoms with Crippen LogP contribution in [0.2, 0.25) is 0 Å². The molecule has 0 spiro atoms. The van der Waals surface area contributed by atoms with E-state index in [1.165, 1.54) is 24.1 Å². The van der Waals surface area contributed by atoms with Crippen LogP contribution in [0.1, 0.15) is 38.7 Å². The maximum absolute atomic E-state index is 6.03. The second-order valence-corrected chi connectivity index (χ2v) is 5.17. The first-order valence-electron chi connectivity index (χ1n) is 6.82. The van der Waals surface area contributed by atoms with E-state index in [0.29, 0.717) is 12.1 Å². The Kier molecular flexibility index (Phi) is 4.06. The van der Waals surface area contributed by atoms with Crippen LogP contribution in [-0.4, -0.2) is 18.6 Å². The van der Waals surface area contributed by atoms with Gasteiger partial charge in [-0.05, 0) is 44.2 Å². The van der Waals surface area contributed by atoms with E-state index < -0.39 is 0 Å². The molecule has 0 saturated carbocycles. The average molecular weight is 232 g/mol. The van der Waals surface area contributed by atoms with Gasteiger partial charge < -0.3 is 10.6 Å². The summed E-state index contributed by atoms with van der Waals surface area (Å²) in [4.78, 5) is 2.54. The average Bonchev–Trinajstić information content (AvgIpc) is 2.37. The molecule has 2 N–H and O–H groups in total. The molecule has 2 atom stereocenters. The van der Waals surface area contributed by atoms with Crippen molar-refractivity contribution in [2.75, 3.05) is 11.4 Å². The zero-order valence-electron chi connectivity index (χ0n) is 11.0. The normalized spacial score (nSPS) is 21.1. The summed E-state index contributed by atoms with van der Waals surface area (Å²) in [6.07, 6.45) is 4.64. The van der Waals surface area contributed by atoms with Crippen molar-refractivity contribution < 1.29 is 0 Å². The number of para-hydroxylation sites is 1. The van der Waals surface area contributed by atoms with E-state index in [2.05, 4.69) is 43.0 Å². The Morgan fingerprint density at radius 1 is 1.41 bits per heavy atom. The van der Waals surface area contributed by atoms with Gasteiger partial charge in [0.25, 0.3) is 0 Å². The third kappa shape index (κ3) is 2.81. The summed E-state index contributed by atoms with van der Waals surface area (Å²) in [5.74, 6) is 0. The van der Waals surface area contributed by atoms with Gasteiger partial charge in [-0.3, -0.25) is 0 Å². The summed E-state index contributed by atoms with van der Waals surface area (Å²) in [6, 6.07) is 9.79. The molecule has 1 aliphatic rings. The van der Waals surface area contributed by atoms with E-state index >= 15 is 0 Å². The van der Waals surface area contributed by atoms with Crippen LogP contribution < -0.4 is 10.6 Å². The highest BCUT2D eigenvalue weighted by Crippen LogP contribution is 2.30. The molecule has 1 aliphatic heterocycles. The number of anilines is 1. The van der Waals surface area contributed by atoms with Crippen LogP contribution in [0.3, 0.4) is 0 Å². The molecule has 0 aromatic heterocycles. The smallest absolute Gasteiger partial charge is 0.0401 e. The summed E-state index contributed by atoms with van der Waals surface area (Å²) in [7, 11) is 0. The van der Waals surface area contributed by atoms with E-state index in [1.54, 1.807) is 0 Å². The summed E-state index contributed by atoms with van der Waals surface area (Å²) in [6.45, 7) is 5.58. The molecule has 17 heavy (non-hydrogen) atoms. The highest BCUT2D eigenvalue weighted by molar-refractivity contribution is 5.56. The van der Waals surface area contributed by atoms with Crippen molar-refractivity contribution in [1.82, 2.24) is 0 Å². The van der Waals surface area contributed by atoms with E-state index in [-0.39, 0.29) is 0 Å². The van der Waals surface area contributed by atoms with Gasteiger partial charge in [-0.1, -0.05) is 25.1 Å². The number of nitrogens with zero attached hydrogens (tertiary/aromatic N) is 1. The molecule has 2 nitrogen and oxygen atoms in total. The SMILES string of the molecule is CCC(N)CCN1c2ccccc2CCC1C. The van der Waals surface area contributed by atoms with Crippen molar-refractivity contribution in [3.05, 3.63) is 29.8 Å². The Morgan fingerprint density at radius 2 is 2.18 bits per heavy atom. The molecule has 2 rings (SSSR count). The molecule has 1 heterocycles. The zero-order chi connectivity index (χ0) is 12.3. The van der Waals surface area contributed by atoms with Crippen molar-refractivity contribution in [3.63, 3.8) is 0 Å². The predicted molar refractivity (Wildman–Crippen MR) is 74.5 cm³/mol. The fraction of sp³-hybridized carbons (Fsp3) is 0.600. The Hall–Kier alpha value is -1.02. The number of fused-ring (bicyclic) bond motifs is 1. The number of hydrogen-bond donors (Lipinski definition) is 1. The standard InChI is InChI=1S/C15H24N2/c1-3-14(16)10-11-17-12(2)8-9-13-6-4-5-7-15(13)17/h4-7,12,14H,3,8-11,16H2,1-2H3.